The Morgan fingerprint density at radius 2 is 1.68 bits per heavy atom. The summed E-state index contributed by atoms with van der Waals surface area (Å²) in [6.45, 7) is 8.52. The number of hydrogen-bond donors (Lipinski definition) is 1. The second-order valence-electron chi connectivity index (χ2n) is 12.2. The minimum atomic E-state index is -0.606. The molecule has 208 valence electrons. The molecular weight excluding hydrogens is 504 g/mol. The Morgan fingerprint density at radius 1 is 0.951 bits per heavy atom. The van der Waals surface area contributed by atoms with Gasteiger partial charge in [-0.25, -0.2) is 0 Å². The molecule has 0 radical (unpaired) electrons. The number of aliphatic hydroxyl groups excluding tert-OH is 1. The number of fused-ring (bicyclic) bond motifs is 5. The van der Waals surface area contributed by atoms with Gasteiger partial charge in [0.25, 0.3) is 0 Å². The Morgan fingerprint density at radius 3 is 2.39 bits per heavy atom. The van der Waals surface area contributed by atoms with E-state index >= 15 is 0 Å². The van der Waals surface area contributed by atoms with Crippen LogP contribution in [-0.4, -0.2) is 40.3 Å². The molecular formula is C37H39N2O2+. The topological polar surface area (TPSA) is 42.4 Å². The van der Waals surface area contributed by atoms with E-state index in [0.29, 0.717) is 12.0 Å². The molecule has 3 heterocycles. The van der Waals surface area contributed by atoms with Gasteiger partial charge in [0, 0.05) is 36.4 Å². The minimum Gasteiger partial charge on any atom is -0.497 e. The summed E-state index contributed by atoms with van der Waals surface area (Å²) in [5, 5.41) is 18.7. The lowest BCUT2D eigenvalue weighted by molar-refractivity contribution is -1.02. The van der Waals surface area contributed by atoms with E-state index < -0.39 is 6.10 Å². The van der Waals surface area contributed by atoms with Crippen molar-refractivity contribution in [2.45, 2.75) is 57.3 Å². The summed E-state index contributed by atoms with van der Waals surface area (Å²) in [6.07, 6.45) is 7.76. The van der Waals surface area contributed by atoms with Gasteiger partial charge in [0.05, 0.1) is 25.2 Å². The first kappa shape index (κ1) is 26.2. The summed E-state index contributed by atoms with van der Waals surface area (Å²) in [5.41, 5.74) is 4.65. The van der Waals surface area contributed by atoms with Gasteiger partial charge >= 0.3 is 0 Å². The third kappa shape index (κ3) is 4.15. The molecule has 0 spiro atoms. The zero-order valence-corrected chi connectivity index (χ0v) is 24.1. The molecule has 0 aliphatic carbocycles. The lowest BCUT2D eigenvalue weighted by Gasteiger charge is -2.57. The average Bonchev–Trinajstić information content (AvgIpc) is 3.11. The van der Waals surface area contributed by atoms with Crippen LogP contribution in [0, 0.1) is 12.8 Å². The highest BCUT2D eigenvalue weighted by atomic mass is 16.5. The van der Waals surface area contributed by atoms with Crippen LogP contribution in [0.1, 0.15) is 48.5 Å². The van der Waals surface area contributed by atoms with Crippen LogP contribution >= 0.6 is 0 Å². The molecule has 4 heteroatoms. The molecule has 5 aromatic rings. The first-order valence-electron chi connectivity index (χ1n) is 15.0. The predicted molar refractivity (Wildman–Crippen MR) is 168 cm³/mol. The number of quaternary nitrogens is 1. The summed E-state index contributed by atoms with van der Waals surface area (Å²) in [4.78, 5) is 4.61. The van der Waals surface area contributed by atoms with Crippen LogP contribution in [0.2, 0.25) is 0 Å². The smallest absolute Gasteiger partial charge is 0.131 e. The molecule has 2 aliphatic heterocycles. The molecule has 2 saturated heterocycles. The molecule has 7 rings (SSSR count). The number of nitrogens with zero attached hydrogens (tertiary/aromatic N) is 2. The summed E-state index contributed by atoms with van der Waals surface area (Å²) in [5.74, 6) is 1.27. The Hall–Kier alpha value is -3.73. The van der Waals surface area contributed by atoms with Crippen molar-refractivity contribution in [1.82, 2.24) is 4.98 Å². The quantitative estimate of drug-likeness (QED) is 0.134. The first-order valence-corrected chi connectivity index (χ1v) is 15.0. The van der Waals surface area contributed by atoms with Gasteiger partial charge < -0.3 is 14.3 Å². The van der Waals surface area contributed by atoms with Gasteiger partial charge in [-0.3, -0.25) is 4.98 Å². The zero-order chi connectivity index (χ0) is 28.1. The third-order valence-corrected chi connectivity index (χ3v) is 10.5. The highest BCUT2D eigenvalue weighted by Gasteiger charge is 2.56. The molecule has 4 nitrogen and oxygen atoms in total. The normalized spacial score (nSPS) is 24.9. The maximum Gasteiger partial charge on any atom is 0.131 e. The first-order chi connectivity index (χ1) is 20.0. The molecule has 1 N–H and O–H groups in total. The lowest BCUT2D eigenvalue weighted by atomic mass is 9.83. The van der Waals surface area contributed by atoms with Crippen LogP contribution in [0.15, 0.2) is 91.6 Å². The van der Waals surface area contributed by atoms with E-state index in [1.807, 2.05) is 30.5 Å². The van der Waals surface area contributed by atoms with E-state index in [9.17, 15) is 5.11 Å². The zero-order valence-electron chi connectivity index (χ0n) is 24.1. The van der Waals surface area contributed by atoms with E-state index in [1.165, 1.54) is 39.1 Å². The Bertz CT molecular complexity index is 1780. The van der Waals surface area contributed by atoms with Gasteiger partial charge in [-0.2, -0.15) is 0 Å². The van der Waals surface area contributed by atoms with Crippen molar-refractivity contribution in [2.75, 3.05) is 13.7 Å². The summed E-state index contributed by atoms with van der Waals surface area (Å²) < 4.78 is 6.50. The standard InChI is InChI=1S/C37H39N2O2/c1-4-25-13-16-36(37(40)32-17-19-38-35-15-14-27(41-3)22-33(32)35)39(20-18-26(39)21-25)23-34-24(2)28-9-5-6-10-29(28)30-11-7-8-12-31(30)34/h4-12,14-15,17,19,22,25-26,36-37,40H,1,13,16,18,20-21,23H2,2-3H3/q+1/t25?,26?,36?,37?,39-/m0/s1. The monoisotopic (exact) mass is 543 g/mol. The number of methoxy groups -OCH3 is 1. The van der Waals surface area contributed by atoms with Gasteiger partial charge in [-0.1, -0.05) is 54.6 Å². The van der Waals surface area contributed by atoms with E-state index in [-0.39, 0.29) is 6.04 Å². The highest BCUT2D eigenvalue weighted by Crippen LogP contribution is 2.49. The predicted octanol–water partition coefficient (Wildman–Crippen LogP) is 8.04. The fourth-order valence-electron chi connectivity index (χ4n) is 8.12. The van der Waals surface area contributed by atoms with Gasteiger partial charge in [-0.15, -0.1) is 6.58 Å². The van der Waals surface area contributed by atoms with Crippen molar-refractivity contribution < 1.29 is 14.3 Å². The number of hydrogen-bond acceptors (Lipinski definition) is 3. The second-order valence-corrected chi connectivity index (χ2v) is 12.2. The number of rotatable bonds is 6. The maximum absolute atomic E-state index is 12.4. The number of allylic oxidation sites excluding steroid dienone is 1. The third-order valence-electron chi connectivity index (χ3n) is 10.5. The minimum absolute atomic E-state index is 0.0835. The SMILES string of the molecule is C=CC1CCC(C(O)c2ccnc3ccc(OC)cc23)[N@+]2(Cc3c(C)c4ccccc4c4ccccc34)CCC2C1. The van der Waals surface area contributed by atoms with E-state index in [2.05, 4.69) is 73.1 Å². The molecule has 0 bridgehead atoms. The van der Waals surface area contributed by atoms with Crippen LogP contribution < -0.4 is 4.74 Å². The number of benzene rings is 4. The van der Waals surface area contributed by atoms with E-state index in [1.54, 1.807) is 7.11 Å². The molecule has 5 atom stereocenters. The average molecular weight is 544 g/mol. The van der Waals surface area contributed by atoms with Gasteiger partial charge in [0.1, 0.15) is 24.4 Å². The number of ether oxygens (including phenoxy) is 1. The Kier molecular flexibility index (Phi) is 6.56. The second kappa shape index (κ2) is 10.3. The molecule has 41 heavy (non-hydrogen) atoms. The molecule has 4 unspecified atom stereocenters. The number of pyridine rings is 1. The van der Waals surface area contributed by atoms with Crippen molar-refractivity contribution >= 4 is 32.4 Å². The van der Waals surface area contributed by atoms with Crippen molar-refractivity contribution in [2.24, 2.45) is 5.92 Å². The molecule has 2 fully saturated rings. The summed E-state index contributed by atoms with van der Waals surface area (Å²) in [6, 6.07) is 26.3. The van der Waals surface area contributed by atoms with E-state index in [4.69, 9.17) is 4.74 Å². The number of aliphatic hydroxyl groups is 1. The summed E-state index contributed by atoms with van der Waals surface area (Å²) in [7, 11) is 1.69. The molecule has 4 aromatic carbocycles. The molecule has 0 saturated carbocycles. The fraction of sp³-hybridized carbons (Fsp3) is 0.324. The van der Waals surface area contributed by atoms with Crippen molar-refractivity contribution in [1.29, 1.82) is 0 Å². The van der Waals surface area contributed by atoms with Crippen LogP contribution in [0.3, 0.4) is 0 Å². The summed E-state index contributed by atoms with van der Waals surface area (Å²) >= 11 is 0. The molecule has 1 aromatic heterocycles. The van der Waals surface area contributed by atoms with Gasteiger partial charge in [-0.05, 0) is 76.2 Å². The number of aryl methyl sites for hydroxylation is 1. The van der Waals surface area contributed by atoms with Crippen LogP contribution in [0.25, 0.3) is 32.4 Å². The van der Waals surface area contributed by atoms with Crippen molar-refractivity contribution in [3.63, 3.8) is 0 Å². The van der Waals surface area contributed by atoms with Crippen LogP contribution in [0.5, 0.6) is 5.75 Å². The number of aromatic nitrogens is 1. The fourth-order valence-corrected chi connectivity index (χ4v) is 8.12. The van der Waals surface area contributed by atoms with Gasteiger partial charge in [0.2, 0.25) is 0 Å². The molecule has 2 aliphatic rings. The Labute approximate surface area is 242 Å². The lowest BCUT2D eigenvalue weighted by Crippen LogP contribution is -2.69. The van der Waals surface area contributed by atoms with Crippen LogP contribution in [-0.2, 0) is 6.54 Å². The largest absolute Gasteiger partial charge is 0.497 e. The van der Waals surface area contributed by atoms with Crippen LogP contribution in [0.4, 0.5) is 0 Å². The highest BCUT2D eigenvalue weighted by molar-refractivity contribution is 6.10. The van der Waals surface area contributed by atoms with Crippen molar-refractivity contribution in [3.05, 3.63) is 108 Å². The van der Waals surface area contributed by atoms with Gasteiger partial charge in [0.15, 0.2) is 0 Å². The molecule has 0 amide bonds. The van der Waals surface area contributed by atoms with E-state index in [0.717, 1.165) is 59.1 Å². The van der Waals surface area contributed by atoms with Crippen molar-refractivity contribution in [3.8, 4) is 5.75 Å². The maximum atomic E-state index is 12.4. The Balaban J connectivity index is 1.39.